The van der Waals surface area contributed by atoms with E-state index in [1.807, 2.05) is 26.8 Å². The fourth-order valence-electron chi connectivity index (χ4n) is 2.48. The van der Waals surface area contributed by atoms with Crippen molar-refractivity contribution in [3.8, 4) is 0 Å². The lowest BCUT2D eigenvalue weighted by Crippen LogP contribution is -2.36. The van der Waals surface area contributed by atoms with Crippen molar-refractivity contribution in [1.29, 1.82) is 0 Å². The maximum atomic E-state index is 12.1. The van der Waals surface area contributed by atoms with Crippen molar-refractivity contribution in [2.24, 2.45) is 10.8 Å². The summed E-state index contributed by atoms with van der Waals surface area (Å²) in [5.74, 6) is 0.158. The molecule has 1 aliphatic rings. The van der Waals surface area contributed by atoms with Gasteiger partial charge in [0, 0.05) is 5.41 Å². The molecule has 1 N–H and O–H groups in total. The van der Waals surface area contributed by atoms with Gasteiger partial charge in [-0.15, -0.1) is 6.58 Å². The van der Waals surface area contributed by atoms with Crippen LogP contribution < -0.4 is 0 Å². The molecule has 0 aromatic heterocycles. The SMILES string of the molecule is C=CC.CC/C=C/C(=O)C1(C)CC(O)CC1(C)C. The van der Waals surface area contributed by atoms with Gasteiger partial charge in [0.1, 0.15) is 0 Å². The second kappa shape index (κ2) is 6.89. The third kappa shape index (κ3) is 3.81. The lowest BCUT2D eigenvalue weighted by molar-refractivity contribution is -0.127. The first-order valence-corrected chi connectivity index (χ1v) is 6.71. The normalized spacial score (nSPS) is 29.8. The van der Waals surface area contributed by atoms with Gasteiger partial charge in [-0.25, -0.2) is 0 Å². The van der Waals surface area contributed by atoms with Crippen LogP contribution in [0.5, 0.6) is 0 Å². The second-order valence-corrected chi connectivity index (χ2v) is 5.86. The molecule has 0 radical (unpaired) electrons. The summed E-state index contributed by atoms with van der Waals surface area (Å²) in [5, 5.41) is 9.70. The van der Waals surface area contributed by atoms with E-state index < -0.39 is 5.41 Å². The molecule has 1 saturated carbocycles. The largest absolute Gasteiger partial charge is 0.393 e. The van der Waals surface area contributed by atoms with Crippen LogP contribution in [-0.4, -0.2) is 17.0 Å². The van der Waals surface area contributed by atoms with Crippen LogP contribution in [0.15, 0.2) is 24.8 Å². The summed E-state index contributed by atoms with van der Waals surface area (Å²) in [5.41, 5.74) is -0.514. The van der Waals surface area contributed by atoms with E-state index >= 15 is 0 Å². The Kier molecular flexibility index (Phi) is 6.55. The van der Waals surface area contributed by atoms with Crippen molar-refractivity contribution in [2.75, 3.05) is 0 Å². The Morgan fingerprint density at radius 2 is 1.89 bits per heavy atom. The molecule has 0 heterocycles. The minimum absolute atomic E-state index is 0.110. The number of hydrogen-bond acceptors (Lipinski definition) is 2. The summed E-state index contributed by atoms with van der Waals surface area (Å²) in [6, 6.07) is 0. The number of carbonyl (C=O) groups is 1. The van der Waals surface area contributed by atoms with Crippen molar-refractivity contribution < 1.29 is 9.90 Å². The molecule has 0 aliphatic heterocycles. The molecular formula is C16H28O2. The summed E-state index contributed by atoms with van der Waals surface area (Å²) >= 11 is 0. The minimum Gasteiger partial charge on any atom is -0.393 e. The predicted octanol–water partition coefficient (Wildman–Crippen LogP) is 3.90. The quantitative estimate of drug-likeness (QED) is 0.611. The molecule has 1 aliphatic carbocycles. The van der Waals surface area contributed by atoms with Gasteiger partial charge in [0.15, 0.2) is 5.78 Å². The Morgan fingerprint density at radius 1 is 1.39 bits per heavy atom. The molecule has 0 bridgehead atoms. The van der Waals surface area contributed by atoms with Gasteiger partial charge < -0.3 is 5.11 Å². The Morgan fingerprint density at radius 3 is 2.22 bits per heavy atom. The zero-order chi connectivity index (χ0) is 14.4. The molecular weight excluding hydrogens is 224 g/mol. The van der Waals surface area contributed by atoms with Gasteiger partial charge in [0.2, 0.25) is 0 Å². The summed E-state index contributed by atoms with van der Waals surface area (Å²) in [7, 11) is 0. The average molecular weight is 252 g/mol. The number of carbonyl (C=O) groups excluding carboxylic acids is 1. The van der Waals surface area contributed by atoms with Gasteiger partial charge in [-0.05, 0) is 37.7 Å². The Hall–Kier alpha value is -0.890. The molecule has 2 unspecified atom stereocenters. The first kappa shape index (κ1) is 17.1. The first-order chi connectivity index (χ1) is 8.25. The molecule has 2 heteroatoms. The Balaban J connectivity index is 0.000000873. The smallest absolute Gasteiger partial charge is 0.161 e. The van der Waals surface area contributed by atoms with Crippen LogP contribution >= 0.6 is 0 Å². The molecule has 1 rings (SSSR count). The van der Waals surface area contributed by atoms with Crippen molar-refractivity contribution >= 4 is 5.78 Å². The number of allylic oxidation sites excluding steroid dienone is 3. The van der Waals surface area contributed by atoms with Crippen LogP contribution in [0, 0.1) is 10.8 Å². The van der Waals surface area contributed by atoms with Gasteiger partial charge in [0.25, 0.3) is 0 Å². The van der Waals surface area contributed by atoms with Crippen LogP contribution in [-0.2, 0) is 4.79 Å². The van der Waals surface area contributed by atoms with E-state index in [1.165, 1.54) is 0 Å². The fourth-order valence-corrected chi connectivity index (χ4v) is 2.48. The lowest BCUT2D eigenvalue weighted by atomic mass is 9.66. The van der Waals surface area contributed by atoms with Crippen LogP contribution in [0.25, 0.3) is 0 Å². The van der Waals surface area contributed by atoms with Crippen LogP contribution in [0.4, 0.5) is 0 Å². The summed E-state index contributed by atoms with van der Waals surface area (Å²) < 4.78 is 0. The van der Waals surface area contributed by atoms with Crippen LogP contribution in [0.1, 0.15) is 53.9 Å². The Bertz CT molecular complexity index is 315. The number of aliphatic hydroxyl groups is 1. The van der Waals surface area contributed by atoms with E-state index in [2.05, 4.69) is 20.4 Å². The van der Waals surface area contributed by atoms with E-state index in [1.54, 1.807) is 12.2 Å². The van der Waals surface area contributed by atoms with Crippen LogP contribution in [0.2, 0.25) is 0 Å². The number of rotatable bonds is 3. The highest BCUT2D eigenvalue weighted by Crippen LogP contribution is 2.53. The molecule has 0 saturated heterocycles. The van der Waals surface area contributed by atoms with Crippen LogP contribution in [0.3, 0.4) is 0 Å². The van der Waals surface area contributed by atoms with Gasteiger partial charge in [-0.3, -0.25) is 4.79 Å². The Labute approximate surface area is 112 Å². The van der Waals surface area contributed by atoms with Crippen molar-refractivity contribution in [1.82, 2.24) is 0 Å². The average Bonchev–Trinajstić information content (AvgIpc) is 2.46. The van der Waals surface area contributed by atoms with E-state index in [0.717, 1.165) is 12.8 Å². The topological polar surface area (TPSA) is 37.3 Å². The highest BCUT2D eigenvalue weighted by atomic mass is 16.3. The monoisotopic (exact) mass is 252 g/mol. The molecule has 1 fully saturated rings. The zero-order valence-electron chi connectivity index (χ0n) is 12.5. The standard InChI is InChI=1S/C13H22O2.C3H6/c1-5-6-7-11(15)13(4)9-10(14)8-12(13,2)3;1-3-2/h6-7,10,14H,5,8-9H2,1-4H3;3H,1H2,2H3/b7-6+;. The molecule has 0 aromatic carbocycles. The van der Waals surface area contributed by atoms with Crippen molar-refractivity contribution in [2.45, 2.75) is 60.0 Å². The van der Waals surface area contributed by atoms with Gasteiger partial charge in [-0.2, -0.15) is 0 Å². The van der Waals surface area contributed by atoms with Crippen molar-refractivity contribution in [3.63, 3.8) is 0 Å². The number of hydrogen-bond donors (Lipinski definition) is 1. The van der Waals surface area contributed by atoms with E-state index in [-0.39, 0.29) is 17.3 Å². The summed E-state index contributed by atoms with van der Waals surface area (Å²) in [6.07, 6.45) is 7.19. The van der Waals surface area contributed by atoms with Gasteiger partial charge in [0.05, 0.1) is 6.10 Å². The predicted molar refractivity (Wildman–Crippen MR) is 77.4 cm³/mol. The fraction of sp³-hybridized carbons (Fsp3) is 0.688. The maximum absolute atomic E-state index is 12.1. The van der Waals surface area contributed by atoms with Gasteiger partial charge >= 0.3 is 0 Å². The van der Waals surface area contributed by atoms with Gasteiger partial charge in [-0.1, -0.05) is 39.8 Å². The summed E-state index contributed by atoms with van der Waals surface area (Å²) in [4.78, 5) is 12.1. The third-order valence-electron chi connectivity index (χ3n) is 3.93. The molecule has 2 atom stereocenters. The molecule has 0 amide bonds. The molecule has 0 spiro atoms. The zero-order valence-corrected chi connectivity index (χ0v) is 12.5. The minimum atomic E-state index is -0.405. The number of aliphatic hydroxyl groups excluding tert-OH is 1. The maximum Gasteiger partial charge on any atom is 0.161 e. The molecule has 18 heavy (non-hydrogen) atoms. The van der Waals surface area contributed by atoms with E-state index in [9.17, 15) is 9.90 Å². The van der Waals surface area contributed by atoms with Crippen molar-refractivity contribution in [3.05, 3.63) is 24.8 Å². The van der Waals surface area contributed by atoms with E-state index in [4.69, 9.17) is 0 Å². The third-order valence-corrected chi connectivity index (χ3v) is 3.93. The molecule has 0 aromatic rings. The van der Waals surface area contributed by atoms with E-state index in [0.29, 0.717) is 6.42 Å². The number of ketones is 1. The highest BCUT2D eigenvalue weighted by Gasteiger charge is 2.52. The second-order valence-electron chi connectivity index (χ2n) is 5.86. The first-order valence-electron chi connectivity index (χ1n) is 6.71. The highest BCUT2D eigenvalue weighted by molar-refractivity contribution is 5.95. The molecule has 2 nitrogen and oxygen atoms in total. The molecule has 104 valence electrons. The lowest BCUT2D eigenvalue weighted by Gasteiger charge is -2.35. The summed E-state index contributed by atoms with van der Waals surface area (Å²) in [6.45, 7) is 13.4.